The lowest BCUT2D eigenvalue weighted by Crippen LogP contribution is -2.42. The van der Waals surface area contributed by atoms with Gasteiger partial charge in [0.05, 0.1) is 6.04 Å². The molecule has 3 rings (SSSR count). The van der Waals surface area contributed by atoms with Gasteiger partial charge in [0.2, 0.25) is 5.91 Å². The Morgan fingerprint density at radius 3 is 2.33 bits per heavy atom. The van der Waals surface area contributed by atoms with Crippen molar-refractivity contribution in [1.82, 2.24) is 15.1 Å². The molecule has 1 aromatic rings. The second-order valence-corrected chi connectivity index (χ2v) is 7.91. The number of aliphatic imine (C=N–C) groups is 1. The van der Waals surface area contributed by atoms with Crippen LogP contribution in [0.4, 0.5) is 0 Å². The van der Waals surface area contributed by atoms with E-state index in [1.807, 2.05) is 6.07 Å². The number of hydrogen-bond donors (Lipinski definition) is 1. The van der Waals surface area contributed by atoms with Crippen LogP contribution in [-0.2, 0) is 4.79 Å². The molecule has 1 saturated carbocycles. The van der Waals surface area contributed by atoms with Crippen molar-refractivity contribution in [3.63, 3.8) is 0 Å². The highest BCUT2D eigenvalue weighted by molar-refractivity contribution is 14.0. The molecule has 3 atom stereocenters. The van der Waals surface area contributed by atoms with Gasteiger partial charge in [-0.2, -0.15) is 0 Å². The van der Waals surface area contributed by atoms with Gasteiger partial charge in [0.15, 0.2) is 5.96 Å². The fourth-order valence-electron chi connectivity index (χ4n) is 4.12. The summed E-state index contributed by atoms with van der Waals surface area (Å²) < 4.78 is 0. The number of amides is 1. The molecule has 1 aromatic carbocycles. The first-order valence-corrected chi connectivity index (χ1v) is 9.85. The minimum atomic E-state index is 0. The van der Waals surface area contributed by atoms with E-state index in [2.05, 4.69) is 41.4 Å². The quantitative estimate of drug-likeness (QED) is 0.404. The lowest BCUT2D eigenvalue weighted by atomic mass is 9.82. The zero-order valence-corrected chi connectivity index (χ0v) is 19.1. The zero-order valence-electron chi connectivity index (χ0n) is 16.7. The number of nitrogens with zero attached hydrogens (tertiary/aromatic N) is 3. The van der Waals surface area contributed by atoms with Crippen molar-refractivity contribution in [2.75, 3.05) is 33.7 Å². The van der Waals surface area contributed by atoms with Gasteiger partial charge in [0.1, 0.15) is 6.54 Å². The molecule has 5 nitrogen and oxygen atoms in total. The standard InChI is InChI=1S/C21H32N4O.HI/c1-16(17-9-5-4-6-10-17)23-21(22-13-20(26)24(2)3)25-14-18-11-7-8-12-19(18)15-25;/h4-6,9-10,16,18-19H,7-8,11-15H2,1-3H3,(H,22,23);1H. The average Bonchev–Trinajstić information content (AvgIpc) is 3.09. The van der Waals surface area contributed by atoms with Crippen LogP contribution in [0.2, 0.25) is 0 Å². The van der Waals surface area contributed by atoms with E-state index in [0.29, 0.717) is 0 Å². The summed E-state index contributed by atoms with van der Waals surface area (Å²) in [5, 5.41) is 3.58. The van der Waals surface area contributed by atoms with Gasteiger partial charge in [-0.15, -0.1) is 24.0 Å². The lowest BCUT2D eigenvalue weighted by Gasteiger charge is -2.26. The summed E-state index contributed by atoms with van der Waals surface area (Å²) >= 11 is 0. The van der Waals surface area contributed by atoms with Crippen LogP contribution in [0, 0.1) is 11.8 Å². The normalized spacial score (nSPS) is 23.2. The Bertz CT molecular complexity index is 620. The average molecular weight is 484 g/mol. The summed E-state index contributed by atoms with van der Waals surface area (Å²) in [5.74, 6) is 2.49. The van der Waals surface area contributed by atoms with Gasteiger partial charge in [0, 0.05) is 27.2 Å². The summed E-state index contributed by atoms with van der Waals surface area (Å²) in [6.45, 7) is 4.48. The van der Waals surface area contributed by atoms with Crippen LogP contribution in [0.1, 0.15) is 44.2 Å². The van der Waals surface area contributed by atoms with Crippen LogP contribution in [0.25, 0.3) is 0 Å². The van der Waals surface area contributed by atoms with E-state index in [4.69, 9.17) is 4.99 Å². The molecule has 1 N–H and O–H groups in total. The minimum Gasteiger partial charge on any atom is -0.350 e. The van der Waals surface area contributed by atoms with Crippen molar-refractivity contribution in [3.8, 4) is 0 Å². The minimum absolute atomic E-state index is 0. The number of fused-ring (bicyclic) bond motifs is 1. The van der Waals surface area contributed by atoms with E-state index >= 15 is 0 Å². The number of halogens is 1. The van der Waals surface area contributed by atoms with E-state index in [1.54, 1.807) is 19.0 Å². The van der Waals surface area contributed by atoms with Gasteiger partial charge in [-0.05, 0) is 37.2 Å². The Morgan fingerprint density at radius 2 is 1.78 bits per heavy atom. The van der Waals surface area contributed by atoms with Crippen LogP contribution in [0.15, 0.2) is 35.3 Å². The van der Waals surface area contributed by atoms with Crippen molar-refractivity contribution in [1.29, 1.82) is 0 Å². The SMILES string of the molecule is CC(NC(=NCC(=O)N(C)C)N1CC2CCCCC2C1)c1ccccc1.I. The van der Waals surface area contributed by atoms with Crippen molar-refractivity contribution < 1.29 is 4.79 Å². The Balaban J connectivity index is 0.00000261. The maximum atomic E-state index is 12.0. The van der Waals surface area contributed by atoms with Gasteiger partial charge in [0.25, 0.3) is 0 Å². The zero-order chi connectivity index (χ0) is 18.5. The highest BCUT2D eigenvalue weighted by Crippen LogP contribution is 2.36. The van der Waals surface area contributed by atoms with Gasteiger partial charge < -0.3 is 15.1 Å². The molecule has 3 unspecified atom stereocenters. The molecule has 6 heteroatoms. The molecule has 2 fully saturated rings. The van der Waals surface area contributed by atoms with Gasteiger partial charge in [-0.25, -0.2) is 4.99 Å². The molecule has 0 spiro atoms. The Labute approximate surface area is 180 Å². The van der Waals surface area contributed by atoms with Crippen molar-refractivity contribution >= 4 is 35.8 Å². The first kappa shape index (κ1) is 22.0. The second-order valence-electron chi connectivity index (χ2n) is 7.91. The number of benzene rings is 1. The molecule has 1 amide bonds. The summed E-state index contributed by atoms with van der Waals surface area (Å²) in [4.78, 5) is 20.7. The first-order valence-electron chi connectivity index (χ1n) is 9.85. The number of carbonyl (C=O) groups is 1. The summed E-state index contributed by atoms with van der Waals surface area (Å²) in [7, 11) is 3.56. The molecule has 1 heterocycles. The van der Waals surface area contributed by atoms with Crippen LogP contribution >= 0.6 is 24.0 Å². The van der Waals surface area contributed by atoms with Gasteiger partial charge in [-0.3, -0.25) is 4.79 Å². The van der Waals surface area contributed by atoms with Crippen LogP contribution in [-0.4, -0.2) is 55.4 Å². The summed E-state index contributed by atoms with van der Waals surface area (Å²) in [6, 6.07) is 10.6. The highest BCUT2D eigenvalue weighted by Gasteiger charge is 2.36. The van der Waals surface area contributed by atoms with E-state index < -0.39 is 0 Å². The third-order valence-electron chi connectivity index (χ3n) is 5.78. The number of nitrogens with one attached hydrogen (secondary N) is 1. The maximum absolute atomic E-state index is 12.0. The third kappa shape index (κ3) is 5.83. The molecule has 1 saturated heterocycles. The van der Waals surface area contributed by atoms with E-state index in [-0.39, 0.29) is 42.5 Å². The van der Waals surface area contributed by atoms with Crippen LogP contribution < -0.4 is 5.32 Å². The topological polar surface area (TPSA) is 47.9 Å². The molecule has 0 radical (unpaired) electrons. The molecule has 1 aliphatic carbocycles. The molecular formula is C21H33IN4O. The molecule has 0 aromatic heterocycles. The molecular weight excluding hydrogens is 451 g/mol. The largest absolute Gasteiger partial charge is 0.350 e. The maximum Gasteiger partial charge on any atom is 0.243 e. The Kier molecular flexibility index (Phi) is 8.38. The van der Waals surface area contributed by atoms with Crippen LogP contribution in [0.3, 0.4) is 0 Å². The highest BCUT2D eigenvalue weighted by atomic mass is 127. The number of likely N-dealkylation sites (tertiary alicyclic amines) is 1. The number of hydrogen-bond acceptors (Lipinski definition) is 2. The fraction of sp³-hybridized carbons (Fsp3) is 0.619. The molecule has 1 aliphatic heterocycles. The number of likely N-dealkylation sites (N-methyl/N-ethyl adjacent to an activating group) is 1. The molecule has 2 aliphatic rings. The van der Waals surface area contributed by atoms with Crippen molar-refractivity contribution in [2.45, 2.75) is 38.6 Å². The number of guanidine groups is 1. The predicted octanol–water partition coefficient (Wildman–Crippen LogP) is 3.52. The molecule has 0 bridgehead atoms. The first-order chi connectivity index (χ1) is 12.5. The van der Waals surface area contributed by atoms with E-state index in [0.717, 1.165) is 30.9 Å². The molecule has 150 valence electrons. The van der Waals surface area contributed by atoms with E-state index in [1.165, 1.54) is 31.2 Å². The van der Waals surface area contributed by atoms with E-state index in [9.17, 15) is 4.79 Å². The van der Waals surface area contributed by atoms with Gasteiger partial charge >= 0.3 is 0 Å². The Morgan fingerprint density at radius 1 is 1.19 bits per heavy atom. The fourth-order valence-corrected chi connectivity index (χ4v) is 4.12. The second kappa shape index (κ2) is 10.3. The number of carbonyl (C=O) groups excluding carboxylic acids is 1. The van der Waals surface area contributed by atoms with Crippen molar-refractivity contribution in [2.24, 2.45) is 16.8 Å². The lowest BCUT2D eigenvalue weighted by molar-refractivity contribution is -0.127. The third-order valence-corrected chi connectivity index (χ3v) is 5.78. The number of rotatable bonds is 4. The van der Waals surface area contributed by atoms with Crippen molar-refractivity contribution in [3.05, 3.63) is 35.9 Å². The predicted molar refractivity (Wildman–Crippen MR) is 121 cm³/mol. The van der Waals surface area contributed by atoms with Gasteiger partial charge in [-0.1, -0.05) is 43.2 Å². The summed E-state index contributed by atoms with van der Waals surface area (Å²) in [5.41, 5.74) is 1.23. The molecule has 27 heavy (non-hydrogen) atoms. The van der Waals surface area contributed by atoms with Crippen LogP contribution in [0.5, 0.6) is 0 Å². The smallest absolute Gasteiger partial charge is 0.243 e. The monoisotopic (exact) mass is 484 g/mol. The summed E-state index contributed by atoms with van der Waals surface area (Å²) in [6.07, 6.45) is 5.38. The Hall–Kier alpha value is -1.31.